The Morgan fingerprint density at radius 1 is 1.20 bits per heavy atom. The lowest BCUT2D eigenvalue weighted by atomic mass is 10.1. The van der Waals surface area contributed by atoms with Crippen molar-refractivity contribution < 1.29 is 19.0 Å². The van der Waals surface area contributed by atoms with Gasteiger partial charge in [0.15, 0.2) is 17.5 Å². The van der Waals surface area contributed by atoms with Crippen LogP contribution in [-0.2, 0) is 16.0 Å². The first-order chi connectivity index (χ1) is 11.7. The fourth-order valence-electron chi connectivity index (χ4n) is 2.16. The van der Waals surface area contributed by atoms with Crippen molar-refractivity contribution >= 4 is 35.8 Å². The summed E-state index contributed by atoms with van der Waals surface area (Å²) in [6.45, 7) is 2.11. The number of guanidine groups is 1. The third-order valence-electron chi connectivity index (χ3n) is 3.41. The lowest BCUT2D eigenvalue weighted by Gasteiger charge is -2.12. The number of carbonyl (C=O) groups is 1. The van der Waals surface area contributed by atoms with Crippen LogP contribution < -0.4 is 25.4 Å². The van der Waals surface area contributed by atoms with Crippen molar-refractivity contribution in [1.82, 2.24) is 16.0 Å². The first-order valence-corrected chi connectivity index (χ1v) is 7.81. The van der Waals surface area contributed by atoms with Gasteiger partial charge < -0.3 is 30.2 Å². The van der Waals surface area contributed by atoms with Gasteiger partial charge in [0.2, 0.25) is 12.7 Å². The number of benzene rings is 1. The van der Waals surface area contributed by atoms with E-state index >= 15 is 0 Å². The standard InChI is InChI=1S/C16H24N4O4.HI/c1-17-16(20-10-15(21)18-7-8-22-2)19-6-5-12-3-4-13-14(9-12)24-11-23-13;/h3-4,9H,5-8,10-11H2,1-2H3,(H,18,21)(H2,17,19,20);1H. The molecule has 1 aromatic carbocycles. The molecule has 0 bridgehead atoms. The lowest BCUT2D eigenvalue weighted by Crippen LogP contribution is -2.44. The van der Waals surface area contributed by atoms with Crippen molar-refractivity contribution in [2.45, 2.75) is 6.42 Å². The SMILES string of the molecule is CN=C(NCCc1ccc2c(c1)OCO2)NCC(=O)NCCOC.I. The summed E-state index contributed by atoms with van der Waals surface area (Å²) in [6.07, 6.45) is 0.803. The molecule has 0 aliphatic carbocycles. The number of aliphatic imine (C=N–C) groups is 1. The maximum Gasteiger partial charge on any atom is 0.239 e. The van der Waals surface area contributed by atoms with Gasteiger partial charge in [-0.3, -0.25) is 9.79 Å². The van der Waals surface area contributed by atoms with E-state index < -0.39 is 0 Å². The van der Waals surface area contributed by atoms with Crippen LogP contribution in [0.5, 0.6) is 11.5 Å². The van der Waals surface area contributed by atoms with E-state index in [1.807, 2.05) is 18.2 Å². The van der Waals surface area contributed by atoms with Crippen LogP contribution in [0.2, 0.25) is 0 Å². The molecule has 0 spiro atoms. The van der Waals surface area contributed by atoms with Gasteiger partial charge in [0, 0.05) is 27.2 Å². The molecule has 25 heavy (non-hydrogen) atoms. The predicted octanol–water partition coefficient (Wildman–Crippen LogP) is 0.503. The van der Waals surface area contributed by atoms with Crippen molar-refractivity contribution in [3.05, 3.63) is 23.8 Å². The van der Waals surface area contributed by atoms with Crippen molar-refractivity contribution in [1.29, 1.82) is 0 Å². The summed E-state index contributed by atoms with van der Waals surface area (Å²) in [5.41, 5.74) is 1.14. The molecule has 1 aliphatic rings. The Morgan fingerprint density at radius 3 is 2.76 bits per heavy atom. The Hall–Kier alpha value is -1.75. The molecule has 0 unspecified atom stereocenters. The van der Waals surface area contributed by atoms with Crippen LogP contribution in [0, 0.1) is 0 Å². The molecule has 0 radical (unpaired) electrons. The minimum atomic E-state index is -0.106. The molecule has 0 fully saturated rings. The molecule has 0 saturated heterocycles. The summed E-state index contributed by atoms with van der Waals surface area (Å²) >= 11 is 0. The van der Waals surface area contributed by atoms with E-state index in [9.17, 15) is 4.79 Å². The number of fused-ring (bicyclic) bond motifs is 1. The van der Waals surface area contributed by atoms with Gasteiger partial charge in [-0.05, 0) is 24.1 Å². The van der Waals surface area contributed by atoms with E-state index in [1.54, 1.807) is 14.2 Å². The number of amides is 1. The lowest BCUT2D eigenvalue weighted by molar-refractivity contribution is -0.120. The second-order valence-electron chi connectivity index (χ2n) is 5.13. The van der Waals surface area contributed by atoms with E-state index in [-0.39, 0.29) is 43.2 Å². The molecule has 1 heterocycles. The number of methoxy groups -OCH3 is 1. The zero-order chi connectivity index (χ0) is 17.2. The topological polar surface area (TPSA) is 93.2 Å². The van der Waals surface area contributed by atoms with Gasteiger partial charge in [-0.25, -0.2) is 0 Å². The molecule has 0 aromatic heterocycles. The monoisotopic (exact) mass is 464 g/mol. The van der Waals surface area contributed by atoms with Crippen LogP contribution >= 0.6 is 24.0 Å². The maximum atomic E-state index is 11.6. The molecule has 8 nitrogen and oxygen atoms in total. The molecule has 1 aromatic rings. The van der Waals surface area contributed by atoms with Crippen molar-refractivity contribution in [3.63, 3.8) is 0 Å². The Labute approximate surface area is 164 Å². The minimum absolute atomic E-state index is 0. The molecule has 3 N–H and O–H groups in total. The Morgan fingerprint density at radius 2 is 2.00 bits per heavy atom. The van der Waals surface area contributed by atoms with Crippen LogP contribution in [0.3, 0.4) is 0 Å². The van der Waals surface area contributed by atoms with Gasteiger partial charge in [0.25, 0.3) is 0 Å². The van der Waals surface area contributed by atoms with Gasteiger partial charge in [-0.1, -0.05) is 6.07 Å². The highest BCUT2D eigenvalue weighted by molar-refractivity contribution is 14.0. The highest BCUT2D eigenvalue weighted by Gasteiger charge is 2.13. The minimum Gasteiger partial charge on any atom is -0.454 e. The summed E-state index contributed by atoms with van der Waals surface area (Å²) in [5, 5.41) is 8.87. The van der Waals surface area contributed by atoms with E-state index in [1.165, 1.54) is 0 Å². The van der Waals surface area contributed by atoms with E-state index in [0.29, 0.717) is 25.7 Å². The summed E-state index contributed by atoms with van der Waals surface area (Å²) in [4.78, 5) is 15.7. The summed E-state index contributed by atoms with van der Waals surface area (Å²) < 4.78 is 15.5. The maximum absolute atomic E-state index is 11.6. The average molecular weight is 464 g/mol. The summed E-state index contributed by atoms with van der Waals surface area (Å²) in [5.74, 6) is 2.04. The molecular formula is C16H25IN4O4. The first-order valence-electron chi connectivity index (χ1n) is 7.81. The quantitative estimate of drug-likeness (QED) is 0.225. The van der Waals surface area contributed by atoms with E-state index in [4.69, 9.17) is 14.2 Å². The van der Waals surface area contributed by atoms with Crippen LogP contribution in [0.1, 0.15) is 5.56 Å². The zero-order valence-electron chi connectivity index (χ0n) is 14.5. The molecule has 1 aliphatic heterocycles. The molecular weight excluding hydrogens is 439 g/mol. The second-order valence-corrected chi connectivity index (χ2v) is 5.13. The molecule has 140 valence electrons. The summed E-state index contributed by atoms with van der Waals surface area (Å²) in [6, 6.07) is 5.90. The number of carbonyl (C=O) groups excluding carboxylic acids is 1. The van der Waals surface area contributed by atoms with Gasteiger partial charge in [0.1, 0.15) is 0 Å². The number of hydrogen-bond acceptors (Lipinski definition) is 5. The fourth-order valence-corrected chi connectivity index (χ4v) is 2.16. The third kappa shape index (κ3) is 7.34. The number of nitrogens with zero attached hydrogens (tertiary/aromatic N) is 1. The molecule has 9 heteroatoms. The predicted molar refractivity (Wildman–Crippen MR) is 106 cm³/mol. The highest BCUT2D eigenvalue weighted by atomic mass is 127. The molecule has 1 amide bonds. The van der Waals surface area contributed by atoms with Crippen LogP contribution in [-0.4, -0.2) is 59.1 Å². The normalized spacial score (nSPS) is 12.3. The van der Waals surface area contributed by atoms with Gasteiger partial charge >= 0.3 is 0 Å². The van der Waals surface area contributed by atoms with Gasteiger partial charge in [-0.2, -0.15) is 0 Å². The van der Waals surface area contributed by atoms with Crippen molar-refractivity contribution in [2.24, 2.45) is 4.99 Å². The van der Waals surface area contributed by atoms with Crippen molar-refractivity contribution in [2.75, 3.05) is 47.2 Å². The third-order valence-corrected chi connectivity index (χ3v) is 3.41. The Bertz CT molecular complexity index is 583. The molecule has 2 rings (SSSR count). The van der Waals surface area contributed by atoms with Crippen molar-refractivity contribution in [3.8, 4) is 11.5 Å². The highest BCUT2D eigenvalue weighted by Crippen LogP contribution is 2.32. The van der Waals surface area contributed by atoms with E-state index in [0.717, 1.165) is 23.5 Å². The van der Waals surface area contributed by atoms with Gasteiger partial charge in [0.05, 0.1) is 13.2 Å². The second kappa shape index (κ2) is 11.7. The van der Waals surface area contributed by atoms with Crippen LogP contribution in [0.15, 0.2) is 23.2 Å². The number of rotatable bonds is 8. The molecule has 0 saturated carbocycles. The van der Waals surface area contributed by atoms with Crippen LogP contribution in [0.4, 0.5) is 0 Å². The fraction of sp³-hybridized carbons (Fsp3) is 0.500. The number of halogens is 1. The zero-order valence-corrected chi connectivity index (χ0v) is 16.8. The smallest absolute Gasteiger partial charge is 0.239 e. The van der Waals surface area contributed by atoms with Gasteiger partial charge in [-0.15, -0.1) is 24.0 Å². The molecule has 0 atom stereocenters. The van der Waals surface area contributed by atoms with E-state index in [2.05, 4.69) is 20.9 Å². The number of ether oxygens (including phenoxy) is 3. The van der Waals surface area contributed by atoms with Crippen LogP contribution in [0.25, 0.3) is 0 Å². The number of nitrogens with one attached hydrogen (secondary N) is 3. The largest absolute Gasteiger partial charge is 0.454 e. The number of hydrogen-bond donors (Lipinski definition) is 3. The average Bonchev–Trinajstić information content (AvgIpc) is 3.06. The Balaban J connectivity index is 0.00000312. The first kappa shape index (κ1) is 21.3. The Kier molecular flexibility index (Phi) is 10.0. The summed E-state index contributed by atoms with van der Waals surface area (Å²) in [7, 11) is 3.26.